The largest absolute Gasteiger partial charge is 0.496 e. The van der Waals surface area contributed by atoms with Gasteiger partial charge in [0.1, 0.15) is 17.5 Å². The van der Waals surface area contributed by atoms with Crippen LogP contribution in [0, 0.1) is 0 Å². The van der Waals surface area contributed by atoms with Gasteiger partial charge in [0, 0.05) is 0 Å². The predicted octanol–water partition coefficient (Wildman–Crippen LogP) is 3.05. The summed E-state index contributed by atoms with van der Waals surface area (Å²) in [4.78, 5) is 20.3. The Morgan fingerprint density at radius 1 is 1.00 bits per heavy atom. The second-order valence-electron chi connectivity index (χ2n) is 5.87. The van der Waals surface area contributed by atoms with Crippen LogP contribution in [0.4, 0.5) is 13.2 Å². The van der Waals surface area contributed by atoms with Crippen LogP contribution in [0.25, 0.3) is 11.1 Å². The van der Waals surface area contributed by atoms with E-state index in [1.54, 1.807) is 14.2 Å². The van der Waals surface area contributed by atoms with E-state index in [-0.39, 0.29) is 0 Å². The number of carbonyl (C=O) groups excluding carboxylic acids is 1. The molecular weight excluding hydrogens is 407 g/mol. The lowest BCUT2D eigenvalue weighted by atomic mass is 9.99. The van der Waals surface area contributed by atoms with Gasteiger partial charge in [-0.05, 0) is 29.7 Å². The van der Waals surface area contributed by atoms with Crippen LogP contribution >= 0.6 is 0 Å². The first-order chi connectivity index (χ1) is 14.0. The van der Waals surface area contributed by atoms with Gasteiger partial charge < -0.3 is 25.1 Å². The van der Waals surface area contributed by atoms with Gasteiger partial charge in [0.2, 0.25) is 0 Å². The molecule has 164 valence electrons. The van der Waals surface area contributed by atoms with E-state index in [9.17, 15) is 18.0 Å². The standard InChI is InChI=1S/C18H21NO4.C2HF3O2/c1-21-15-5-4-6-16(22-2)17(15)13-9-7-12(8-10-13)11-14(19)18(20)23-3;3-2(4,5)1(6)7/h4-10,14H,11,19H2,1-3H3;(H,6,7)/t14-;/m0./s1. The molecule has 0 amide bonds. The van der Waals surface area contributed by atoms with Crippen molar-refractivity contribution in [3.63, 3.8) is 0 Å². The van der Waals surface area contributed by atoms with Crippen molar-refractivity contribution >= 4 is 11.9 Å². The maximum Gasteiger partial charge on any atom is 0.490 e. The van der Waals surface area contributed by atoms with Crippen LogP contribution < -0.4 is 15.2 Å². The Bertz CT molecular complexity index is 830. The second kappa shape index (κ2) is 11.1. The first kappa shape index (κ1) is 24.8. The molecule has 0 spiro atoms. The summed E-state index contributed by atoms with van der Waals surface area (Å²) in [5.41, 5.74) is 8.60. The number of aliphatic carboxylic acids is 1. The molecule has 0 bridgehead atoms. The van der Waals surface area contributed by atoms with Crippen LogP contribution in [-0.2, 0) is 20.7 Å². The molecule has 0 saturated heterocycles. The van der Waals surface area contributed by atoms with E-state index >= 15 is 0 Å². The Kier molecular flexibility index (Phi) is 9.13. The van der Waals surface area contributed by atoms with Gasteiger partial charge >= 0.3 is 18.1 Å². The van der Waals surface area contributed by atoms with E-state index < -0.39 is 24.2 Å². The monoisotopic (exact) mass is 429 g/mol. The van der Waals surface area contributed by atoms with Crippen molar-refractivity contribution < 1.29 is 42.1 Å². The van der Waals surface area contributed by atoms with Gasteiger partial charge in [0.15, 0.2) is 0 Å². The van der Waals surface area contributed by atoms with E-state index in [4.69, 9.17) is 25.1 Å². The van der Waals surface area contributed by atoms with Gasteiger partial charge in [0.05, 0.1) is 26.9 Å². The lowest BCUT2D eigenvalue weighted by Crippen LogP contribution is -2.33. The molecule has 3 N–H and O–H groups in total. The Balaban J connectivity index is 0.000000553. The summed E-state index contributed by atoms with van der Waals surface area (Å²) in [6.07, 6.45) is -4.66. The molecule has 0 aliphatic rings. The van der Waals surface area contributed by atoms with Gasteiger partial charge in [-0.2, -0.15) is 13.2 Å². The van der Waals surface area contributed by atoms with E-state index in [1.165, 1.54) is 7.11 Å². The number of methoxy groups -OCH3 is 3. The Morgan fingerprint density at radius 2 is 1.47 bits per heavy atom. The summed E-state index contributed by atoms with van der Waals surface area (Å²) in [5.74, 6) is -1.69. The molecule has 0 aliphatic carbocycles. The van der Waals surface area contributed by atoms with Crippen molar-refractivity contribution in [3.8, 4) is 22.6 Å². The SMILES string of the molecule is COC(=O)[C@@H](N)Cc1ccc(-c2c(OC)cccc2OC)cc1.O=C(O)C(F)(F)F. The first-order valence-corrected chi connectivity index (χ1v) is 8.49. The molecule has 2 aromatic rings. The summed E-state index contributed by atoms with van der Waals surface area (Å²) in [6, 6.07) is 12.8. The molecule has 0 saturated carbocycles. The number of hydrogen-bond acceptors (Lipinski definition) is 6. The molecule has 0 fully saturated rings. The van der Waals surface area contributed by atoms with Gasteiger partial charge in [-0.1, -0.05) is 30.3 Å². The van der Waals surface area contributed by atoms with E-state index in [1.807, 2.05) is 42.5 Å². The Labute approximate surface area is 171 Å². The molecule has 1 atom stereocenters. The fourth-order valence-electron chi connectivity index (χ4n) is 2.43. The van der Waals surface area contributed by atoms with E-state index in [2.05, 4.69) is 4.74 Å². The zero-order valence-corrected chi connectivity index (χ0v) is 16.5. The molecule has 0 radical (unpaired) electrons. The number of ether oxygens (including phenoxy) is 3. The highest BCUT2D eigenvalue weighted by Gasteiger charge is 2.38. The fourth-order valence-corrected chi connectivity index (χ4v) is 2.43. The molecule has 2 aromatic carbocycles. The van der Waals surface area contributed by atoms with Crippen LogP contribution in [0.1, 0.15) is 5.56 Å². The number of halogens is 3. The second-order valence-corrected chi connectivity index (χ2v) is 5.87. The highest BCUT2D eigenvalue weighted by molar-refractivity contribution is 5.78. The third kappa shape index (κ3) is 6.96. The zero-order chi connectivity index (χ0) is 22.9. The average molecular weight is 429 g/mol. The lowest BCUT2D eigenvalue weighted by molar-refractivity contribution is -0.192. The van der Waals surface area contributed by atoms with Crippen LogP contribution in [-0.4, -0.2) is 50.6 Å². The van der Waals surface area contributed by atoms with Crippen LogP contribution in [0.3, 0.4) is 0 Å². The Morgan fingerprint density at radius 3 is 1.83 bits per heavy atom. The summed E-state index contributed by atoms with van der Waals surface area (Å²) in [6.45, 7) is 0. The third-order valence-electron chi connectivity index (χ3n) is 3.87. The number of benzene rings is 2. The number of rotatable bonds is 6. The van der Waals surface area contributed by atoms with Crippen molar-refractivity contribution in [1.29, 1.82) is 0 Å². The van der Waals surface area contributed by atoms with Crippen molar-refractivity contribution in [2.75, 3.05) is 21.3 Å². The fraction of sp³-hybridized carbons (Fsp3) is 0.300. The number of hydrogen-bond donors (Lipinski definition) is 2. The Hall–Kier alpha value is -3.27. The minimum Gasteiger partial charge on any atom is -0.496 e. The van der Waals surface area contributed by atoms with Crippen molar-refractivity contribution in [2.24, 2.45) is 5.73 Å². The molecule has 0 heterocycles. The molecule has 10 heteroatoms. The number of alkyl halides is 3. The van der Waals surface area contributed by atoms with E-state index in [0.29, 0.717) is 6.42 Å². The molecule has 0 aromatic heterocycles. The van der Waals surface area contributed by atoms with Crippen LogP contribution in [0.15, 0.2) is 42.5 Å². The highest BCUT2D eigenvalue weighted by Crippen LogP contribution is 2.38. The quantitative estimate of drug-likeness (QED) is 0.680. The number of carboxylic acids is 1. The van der Waals surface area contributed by atoms with E-state index in [0.717, 1.165) is 28.2 Å². The molecular formula is C20H22F3NO6. The number of nitrogens with two attached hydrogens (primary N) is 1. The number of esters is 1. The predicted molar refractivity (Wildman–Crippen MR) is 102 cm³/mol. The summed E-state index contributed by atoms with van der Waals surface area (Å²) in [5, 5.41) is 7.12. The van der Waals surface area contributed by atoms with Gasteiger partial charge in [-0.3, -0.25) is 4.79 Å². The molecule has 30 heavy (non-hydrogen) atoms. The maximum absolute atomic E-state index is 11.4. The average Bonchev–Trinajstić information content (AvgIpc) is 2.72. The zero-order valence-electron chi connectivity index (χ0n) is 16.5. The summed E-state index contributed by atoms with van der Waals surface area (Å²) >= 11 is 0. The summed E-state index contributed by atoms with van der Waals surface area (Å²) in [7, 11) is 4.59. The van der Waals surface area contributed by atoms with Gasteiger partial charge in [-0.25, -0.2) is 4.79 Å². The van der Waals surface area contributed by atoms with Gasteiger partial charge in [-0.15, -0.1) is 0 Å². The van der Waals surface area contributed by atoms with Crippen molar-refractivity contribution in [1.82, 2.24) is 0 Å². The van der Waals surface area contributed by atoms with Crippen LogP contribution in [0.2, 0.25) is 0 Å². The number of carboxylic acid groups (broad SMARTS) is 1. The molecule has 0 aliphatic heterocycles. The topological polar surface area (TPSA) is 108 Å². The van der Waals surface area contributed by atoms with Crippen molar-refractivity contribution in [2.45, 2.75) is 18.6 Å². The highest BCUT2D eigenvalue weighted by atomic mass is 19.4. The molecule has 7 nitrogen and oxygen atoms in total. The summed E-state index contributed by atoms with van der Waals surface area (Å²) < 4.78 is 47.2. The number of carbonyl (C=O) groups is 2. The minimum absolute atomic E-state index is 0.416. The van der Waals surface area contributed by atoms with Crippen molar-refractivity contribution in [3.05, 3.63) is 48.0 Å². The van der Waals surface area contributed by atoms with Crippen LogP contribution in [0.5, 0.6) is 11.5 Å². The first-order valence-electron chi connectivity index (χ1n) is 8.49. The lowest BCUT2D eigenvalue weighted by Gasteiger charge is -2.14. The minimum atomic E-state index is -5.08. The maximum atomic E-state index is 11.4. The smallest absolute Gasteiger partial charge is 0.490 e. The van der Waals surface area contributed by atoms with Gasteiger partial charge in [0.25, 0.3) is 0 Å². The molecule has 2 rings (SSSR count). The molecule has 0 unspecified atom stereocenters. The normalized spacial score (nSPS) is 11.6. The third-order valence-corrected chi connectivity index (χ3v) is 3.87.